The van der Waals surface area contributed by atoms with Crippen molar-refractivity contribution in [3.8, 4) is 17.2 Å². The highest BCUT2D eigenvalue weighted by molar-refractivity contribution is 5.98. The first-order valence-corrected chi connectivity index (χ1v) is 7.44. The molecular weight excluding hydrogens is 302 g/mol. The Labute approximate surface area is 135 Å². The fourth-order valence-electron chi connectivity index (χ4n) is 2.67. The van der Waals surface area contributed by atoms with Crippen LogP contribution in [0.3, 0.4) is 0 Å². The molecule has 1 heterocycles. The van der Waals surface area contributed by atoms with Gasteiger partial charge in [0, 0.05) is 31.8 Å². The number of ether oxygens (including phenoxy) is 4. The summed E-state index contributed by atoms with van der Waals surface area (Å²) < 4.78 is 21.2. The fraction of sp³-hybridized carbons (Fsp3) is 0.562. The Morgan fingerprint density at radius 2 is 1.74 bits per heavy atom. The average molecular weight is 325 g/mol. The first-order chi connectivity index (χ1) is 11.0. The van der Waals surface area contributed by atoms with Crippen molar-refractivity contribution >= 4 is 5.91 Å². The number of aliphatic hydroxyl groups is 1. The van der Waals surface area contributed by atoms with Crippen LogP contribution in [0.4, 0.5) is 0 Å². The Morgan fingerprint density at radius 3 is 2.30 bits per heavy atom. The molecule has 0 aromatic heterocycles. The lowest BCUT2D eigenvalue weighted by Crippen LogP contribution is -2.30. The molecule has 1 aliphatic rings. The van der Waals surface area contributed by atoms with Crippen molar-refractivity contribution < 1.29 is 28.8 Å². The number of likely N-dealkylation sites (tertiary alicyclic amines) is 1. The first kappa shape index (κ1) is 17.4. The number of amides is 1. The smallest absolute Gasteiger partial charge is 0.257 e. The first-order valence-electron chi connectivity index (χ1n) is 7.44. The maximum Gasteiger partial charge on any atom is 0.257 e. The van der Waals surface area contributed by atoms with E-state index in [0.29, 0.717) is 36.0 Å². The molecular formula is C16H23NO6. The molecule has 7 heteroatoms. The highest BCUT2D eigenvalue weighted by atomic mass is 16.5. The van der Waals surface area contributed by atoms with Crippen LogP contribution in [0.15, 0.2) is 12.1 Å². The van der Waals surface area contributed by atoms with Gasteiger partial charge in [-0.05, 0) is 6.92 Å². The van der Waals surface area contributed by atoms with E-state index in [4.69, 9.17) is 18.9 Å². The van der Waals surface area contributed by atoms with Gasteiger partial charge in [-0.1, -0.05) is 0 Å². The minimum absolute atomic E-state index is 0.223. The quantitative estimate of drug-likeness (QED) is 0.838. The van der Waals surface area contributed by atoms with Gasteiger partial charge in [0.05, 0.1) is 33.0 Å². The summed E-state index contributed by atoms with van der Waals surface area (Å²) in [6.45, 7) is 2.91. The van der Waals surface area contributed by atoms with Crippen molar-refractivity contribution in [1.29, 1.82) is 0 Å². The number of rotatable bonds is 6. The van der Waals surface area contributed by atoms with Gasteiger partial charge < -0.3 is 29.0 Å². The Bertz CT molecular complexity index is 562. The topological polar surface area (TPSA) is 77.5 Å². The molecule has 1 aromatic carbocycles. The molecule has 1 amide bonds. The maximum absolute atomic E-state index is 12.8. The van der Waals surface area contributed by atoms with Crippen molar-refractivity contribution in [2.75, 3.05) is 41.0 Å². The standard InChI is InChI=1S/C16H23NO6/c1-5-23-15-9-17(8-11(15)18)16(19)10-6-13(21-3)14(22-4)7-12(10)20-2/h6-7,11,15,18H,5,8-9H2,1-4H3/t11-,15-/m1/s1. The van der Waals surface area contributed by atoms with Crippen LogP contribution < -0.4 is 14.2 Å². The number of benzene rings is 1. The summed E-state index contributed by atoms with van der Waals surface area (Å²) in [6.07, 6.45) is -1.06. The zero-order chi connectivity index (χ0) is 17.0. The van der Waals surface area contributed by atoms with Gasteiger partial charge in [-0.25, -0.2) is 0 Å². The number of nitrogens with zero attached hydrogens (tertiary/aromatic N) is 1. The maximum atomic E-state index is 12.8. The van der Waals surface area contributed by atoms with E-state index in [0.717, 1.165) is 0 Å². The Balaban J connectivity index is 2.28. The van der Waals surface area contributed by atoms with Crippen LogP contribution in [0.1, 0.15) is 17.3 Å². The third kappa shape index (κ3) is 3.51. The number of β-amino-alcohol motifs (C(OH)–C–C–N with tert-alkyl or cyclic N) is 1. The van der Waals surface area contributed by atoms with E-state index in [1.165, 1.54) is 21.3 Å². The number of methoxy groups -OCH3 is 3. The summed E-state index contributed by atoms with van der Waals surface area (Å²) in [5.41, 5.74) is 0.356. The van der Waals surface area contributed by atoms with Crippen LogP contribution in [0.2, 0.25) is 0 Å². The summed E-state index contributed by atoms with van der Waals surface area (Å²) >= 11 is 0. The van der Waals surface area contributed by atoms with Crippen LogP contribution in [0, 0.1) is 0 Å². The summed E-state index contributed by atoms with van der Waals surface area (Å²) in [6, 6.07) is 3.19. The molecule has 0 spiro atoms. The SMILES string of the molecule is CCO[C@@H]1CN(C(=O)c2cc(OC)c(OC)cc2OC)C[C@H]1O. The molecule has 1 fully saturated rings. The van der Waals surface area contributed by atoms with E-state index in [1.807, 2.05) is 6.92 Å². The lowest BCUT2D eigenvalue weighted by Gasteiger charge is -2.19. The Hall–Kier alpha value is -1.99. The molecule has 1 aromatic rings. The number of carbonyl (C=O) groups excluding carboxylic acids is 1. The molecule has 0 aliphatic carbocycles. The molecule has 1 N–H and O–H groups in total. The van der Waals surface area contributed by atoms with Crippen molar-refractivity contribution in [2.45, 2.75) is 19.1 Å². The van der Waals surface area contributed by atoms with E-state index in [1.54, 1.807) is 17.0 Å². The third-order valence-corrected chi connectivity index (χ3v) is 3.84. The van der Waals surface area contributed by atoms with Gasteiger partial charge in [0.25, 0.3) is 5.91 Å². The Morgan fingerprint density at radius 1 is 1.13 bits per heavy atom. The number of hydrogen-bond donors (Lipinski definition) is 1. The molecule has 2 rings (SSSR count). The average Bonchev–Trinajstić information content (AvgIpc) is 2.94. The van der Waals surface area contributed by atoms with Gasteiger partial charge >= 0.3 is 0 Å². The second-order valence-corrected chi connectivity index (χ2v) is 5.18. The van der Waals surface area contributed by atoms with E-state index >= 15 is 0 Å². The van der Waals surface area contributed by atoms with Gasteiger partial charge in [-0.15, -0.1) is 0 Å². The van der Waals surface area contributed by atoms with Gasteiger partial charge in [0.2, 0.25) is 0 Å². The highest BCUT2D eigenvalue weighted by Crippen LogP contribution is 2.35. The molecule has 2 atom stereocenters. The second kappa shape index (κ2) is 7.52. The van der Waals surface area contributed by atoms with E-state index in [9.17, 15) is 9.90 Å². The molecule has 1 saturated heterocycles. The largest absolute Gasteiger partial charge is 0.496 e. The zero-order valence-electron chi connectivity index (χ0n) is 13.9. The molecule has 0 saturated carbocycles. The van der Waals surface area contributed by atoms with Gasteiger partial charge in [0.1, 0.15) is 11.9 Å². The lowest BCUT2D eigenvalue weighted by atomic mass is 10.1. The summed E-state index contributed by atoms with van der Waals surface area (Å²) in [7, 11) is 4.51. The highest BCUT2D eigenvalue weighted by Gasteiger charge is 2.36. The van der Waals surface area contributed by atoms with Gasteiger partial charge in [0.15, 0.2) is 11.5 Å². The van der Waals surface area contributed by atoms with Crippen molar-refractivity contribution in [1.82, 2.24) is 4.90 Å². The predicted octanol–water partition coefficient (Wildman–Crippen LogP) is 0.934. The van der Waals surface area contributed by atoms with Crippen molar-refractivity contribution in [3.05, 3.63) is 17.7 Å². The molecule has 1 aliphatic heterocycles. The van der Waals surface area contributed by atoms with Gasteiger partial charge in [-0.3, -0.25) is 4.79 Å². The molecule has 7 nitrogen and oxygen atoms in total. The van der Waals surface area contributed by atoms with E-state index < -0.39 is 6.10 Å². The summed E-state index contributed by atoms with van der Waals surface area (Å²) in [4.78, 5) is 14.3. The van der Waals surface area contributed by atoms with Crippen molar-refractivity contribution in [3.63, 3.8) is 0 Å². The van der Waals surface area contributed by atoms with Crippen LogP contribution >= 0.6 is 0 Å². The summed E-state index contributed by atoms with van der Waals surface area (Å²) in [5.74, 6) is 1.07. The monoisotopic (exact) mass is 325 g/mol. The molecule has 0 unspecified atom stereocenters. The van der Waals surface area contributed by atoms with Gasteiger partial charge in [-0.2, -0.15) is 0 Å². The number of aliphatic hydroxyl groups excluding tert-OH is 1. The van der Waals surface area contributed by atoms with E-state index in [-0.39, 0.29) is 18.6 Å². The fourth-order valence-corrected chi connectivity index (χ4v) is 2.67. The molecule has 128 valence electrons. The molecule has 0 bridgehead atoms. The van der Waals surface area contributed by atoms with Crippen LogP contribution in [-0.4, -0.2) is 69.1 Å². The normalized spacial score (nSPS) is 20.5. The van der Waals surface area contributed by atoms with E-state index in [2.05, 4.69) is 0 Å². The number of carbonyl (C=O) groups is 1. The molecule has 23 heavy (non-hydrogen) atoms. The predicted molar refractivity (Wildman–Crippen MR) is 83.4 cm³/mol. The summed E-state index contributed by atoms with van der Waals surface area (Å²) in [5, 5.41) is 10.0. The van der Waals surface area contributed by atoms with Crippen LogP contribution in [0.5, 0.6) is 17.2 Å². The minimum atomic E-state index is -0.690. The van der Waals surface area contributed by atoms with Crippen LogP contribution in [0.25, 0.3) is 0 Å². The second-order valence-electron chi connectivity index (χ2n) is 5.18. The van der Waals surface area contributed by atoms with Crippen LogP contribution in [-0.2, 0) is 4.74 Å². The Kier molecular flexibility index (Phi) is 5.68. The molecule has 0 radical (unpaired) electrons. The lowest BCUT2D eigenvalue weighted by molar-refractivity contribution is -0.00237. The van der Waals surface area contributed by atoms with Crippen molar-refractivity contribution in [2.24, 2.45) is 0 Å². The third-order valence-electron chi connectivity index (χ3n) is 3.84. The number of hydrogen-bond acceptors (Lipinski definition) is 6. The minimum Gasteiger partial charge on any atom is -0.496 e. The zero-order valence-corrected chi connectivity index (χ0v) is 13.9.